The van der Waals surface area contributed by atoms with Gasteiger partial charge in [-0.1, -0.05) is 13.3 Å². The predicted octanol–water partition coefficient (Wildman–Crippen LogP) is 2.27. The standard InChI is InChI=1S/C12H23N3O/c1-3-4-9-16-10-5-7-13-11(2)12-6-8-14-15-12/h6,8,11,13H,3-5,7,9-10H2,1-2H3,(H,14,15). The molecule has 1 atom stereocenters. The van der Waals surface area contributed by atoms with E-state index in [0.29, 0.717) is 6.04 Å². The fraction of sp³-hybridized carbons (Fsp3) is 0.750. The van der Waals surface area contributed by atoms with E-state index in [-0.39, 0.29) is 0 Å². The van der Waals surface area contributed by atoms with Crippen LogP contribution in [-0.4, -0.2) is 30.0 Å². The van der Waals surface area contributed by atoms with Crippen LogP contribution >= 0.6 is 0 Å². The van der Waals surface area contributed by atoms with E-state index in [1.54, 1.807) is 6.20 Å². The fourth-order valence-electron chi connectivity index (χ4n) is 1.46. The van der Waals surface area contributed by atoms with Crippen LogP contribution in [-0.2, 0) is 4.74 Å². The minimum atomic E-state index is 0.332. The average Bonchev–Trinajstić information content (AvgIpc) is 2.81. The first-order valence-corrected chi connectivity index (χ1v) is 6.15. The minimum absolute atomic E-state index is 0.332. The van der Waals surface area contributed by atoms with E-state index in [2.05, 4.69) is 29.4 Å². The van der Waals surface area contributed by atoms with E-state index >= 15 is 0 Å². The van der Waals surface area contributed by atoms with E-state index in [1.807, 2.05) is 6.07 Å². The largest absolute Gasteiger partial charge is 0.381 e. The van der Waals surface area contributed by atoms with Crippen LogP contribution < -0.4 is 5.32 Å². The Morgan fingerprint density at radius 3 is 2.94 bits per heavy atom. The van der Waals surface area contributed by atoms with Gasteiger partial charge in [-0.2, -0.15) is 5.10 Å². The zero-order chi connectivity index (χ0) is 11.6. The van der Waals surface area contributed by atoms with Gasteiger partial charge in [0.15, 0.2) is 0 Å². The van der Waals surface area contributed by atoms with Gasteiger partial charge in [0, 0.05) is 25.5 Å². The van der Waals surface area contributed by atoms with E-state index in [9.17, 15) is 0 Å². The quantitative estimate of drug-likeness (QED) is 0.634. The number of aromatic nitrogens is 2. The molecule has 0 saturated carbocycles. The van der Waals surface area contributed by atoms with Crippen LogP contribution in [0, 0.1) is 0 Å². The van der Waals surface area contributed by atoms with Gasteiger partial charge in [-0.25, -0.2) is 0 Å². The number of aromatic amines is 1. The van der Waals surface area contributed by atoms with Crippen LogP contribution in [0.5, 0.6) is 0 Å². The zero-order valence-corrected chi connectivity index (χ0v) is 10.3. The predicted molar refractivity (Wildman–Crippen MR) is 65.3 cm³/mol. The summed E-state index contributed by atoms with van der Waals surface area (Å²) >= 11 is 0. The van der Waals surface area contributed by atoms with E-state index in [1.165, 1.54) is 6.42 Å². The molecule has 0 amide bonds. The van der Waals surface area contributed by atoms with Gasteiger partial charge in [0.2, 0.25) is 0 Å². The fourth-order valence-corrected chi connectivity index (χ4v) is 1.46. The lowest BCUT2D eigenvalue weighted by molar-refractivity contribution is 0.128. The number of hydrogen-bond acceptors (Lipinski definition) is 3. The Kier molecular flexibility index (Phi) is 6.85. The van der Waals surface area contributed by atoms with E-state index in [4.69, 9.17) is 4.74 Å². The second-order valence-electron chi connectivity index (χ2n) is 4.01. The molecular weight excluding hydrogens is 202 g/mol. The minimum Gasteiger partial charge on any atom is -0.381 e. The summed E-state index contributed by atoms with van der Waals surface area (Å²) in [4.78, 5) is 0. The van der Waals surface area contributed by atoms with Gasteiger partial charge in [-0.15, -0.1) is 0 Å². The molecule has 0 aliphatic carbocycles. The number of hydrogen-bond donors (Lipinski definition) is 2. The smallest absolute Gasteiger partial charge is 0.0518 e. The zero-order valence-electron chi connectivity index (χ0n) is 10.3. The molecule has 0 aliphatic heterocycles. The van der Waals surface area contributed by atoms with Crippen molar-refractivity contribution in [3.63, 3.8) is 0 Å². The van der Waals surface area contributed by atoms with Crippen LogP contribution in [0.3, 0.4) is 0 Å². The Hall–Kier alpha value is -0.870. The molecule has 1 aromatic rings. The SMILES string of the molecule is CCCCOCCCNC(C)c1ccn[nH]1. The summed E-state index contributed by atoms with van der Waals surface area (Å²) in [6.45, 7) is 7.03. The topological polar surface area (TPSA) is 49.9 Å². The number of unbranched alkanes of at least 4 members (excludes halogenated alkanes) is 1. The maximum atomic E-state index is 5.49. The molecule has 4 heteroatoms. The molecule has 0 bridgehead atoms. The lowest BCUT2D eigenvalue weighted by Crippen LogP contribution is -2.21. The Bertz CT molecular complexity index is 249. The van der Waals surface area contributed by atoms with Crippen molar-refractivity contribution in [2.24, 2.45) is 0 Å². The molecule has 0 spiro atoms. The highest BCUT2D eigenvalue weighted by Gasteiger charge is 2.04. The second kappa shape index (κ2) is 8.30. The average molecular weight is 225 g/mol. The van der Waals surface area contributed by atoms with Crippen LogP contribution in [0.25, 0.3) is 0 Å². The summed E-state index contributed by atoms with van der Waals surface area (Å²) in [5, 5.41) is 10.3. The lowest BCUT2D eigenvalue weighted by atomic mass is 10.2. The molecule has 1 unspecified atom stereocenters. The highest BCUT2D eigenvalue weighted by molar-refractivity contribution is 5.02. The van der Waals surface area contributed by atoms with E-state index < -0.39 is 0 Å². The van der Waals surface area contributed by atoms with Gasteiger partial charge in [0.05, 0.1) is 5.69 Å². The van der Waals surface area contributed by atoms with Crippen molar-refractivity contribution in [1.82, 2.24) is 15.5 Å². The van der Waals surface area contributed by atoms with Crippen molar-refractivity contribution in [1.29, 1.82) is 0 Å². The third kappa shape index (κ3) is 5.28. The van der Waals surface area contributed by atoms with Crippen molar-refractivity contribution in [3.8, 4) is 0 Å². The summed E-state index contributed by atoms with van der Waals surface area (Å²) in [5.74, 6) is 0. The van der Waals surface area contributed by atoms with Crippen LogP contribution in [0.2, 0.25) is 0 Å². The van der Waals surface area contributed by atoms with E-state index in [0.717, 1.165) is 38.3 Å². The first kappa shape index (κ1) is 13.2. The van der Waals surface area contributed by atoms with Crippen molar-refractivity contribution >= 4 is 0 Å². The molecule has 2 N–H and O–H groups in total. The van der Waals surface area contributed by atoms with Crippen LogP contribution in [0.15, 0.2) is 12.3 Å². The van der Waals surface area contributed by atoms with Gasteiger partial charge >= 0.3 is 0 Å². The molecular formula is C12H23N3O. The summed E-state index contributed by atoms with van der Waals surface area (Å²) in [5.41, 5.74) is 1.13. The highest BCUT2D eigenvalue weighted by atomic mass is 16.5. The Balaban J connectivity index is 1.95. The third-order valence-corrected chi connectivity index (χ3v) is 2.55. The molecule has 0 fully saturated rings. The Labute approximate surface area is 97.8 Å². The number of nitrogens with one attached hydrogen (secondary N) is 2. The third-order valence-electron chi connectivity index (χ3n) is 2.55. The monoisotopic (exact) mass is 225 g/mol. The second-order valence-corrected chi connectivity index (χ2v) is 4.01. The van der Waals surface area contributed by atoms with Gasteiger partial charge in [0.25, 0.3) is 0 Å². The van der Waals surface area contributed by atoms with Crippen molar-refractivity contribution in [2.45, 2.75) is 39.2 Å². The highest BCUT2D eigenvalue weighted by Crippen LogP contribution is 2.06. The molecule has 1 aromatic heterocycles. The molecule has 16 heavy (non-hydrogen) atoms. The molecule has 0 saturated heterocycles. The summed E-state index contributed by atoms with van der Waals surface area (Å²) < 4.78 is 5.49. The van der Waals surface area contributed by atoms with Crippen molar-refractivity contribution in [2.75, 3.05) is 19.8 Å². The number of nitrogens with zero attached hydrogens (tertiary/aromatic N) is 1. The molecule has 4 nitrogen and oxygen atoms in total. The molecule has 1 heterocycles. The van der Waals surface area contributed by atoms with Crippen molar-refractivity contribution in [3.05, 3.63) is 18.0 Å². The van der Waals surface area contributed by atoms with Crippen LogP contribution in [0.4, 0.5) is 0 Å². The first-order chi connectivity index (χ1) is 7.84. The normalized spacial score (nSPS) is 12.9. The first-order valence-electron chi connectivity index (χ1n) is 6.15. The lowest BCUT2D eigenvalue weighted by Gasteiger charge is -2.11. The van der Waals surface area contributed by atoms with Gasteiger partial charge in [0.1, 0.15) is 0 Å². The van der Waals surface area contributed by atoms with Gasteiger partial charge in [-0.3, -0.25) is 5.10 Å². The van der Waals surface area contributed by atoms with Crippen molar-refractivity contribution < 1.29 is 4.74 Å². The molecule has 0 aromatic carbocycles. The molecule has 1 rings (SSSR count). The number of ether oxygens (including phenoxy) is 1. The maximum Gasteiger partial charge on any atom is 0.0518 e. The maximum absolute atomic E-state index is 5.49. The number of rotatable bonds is 9. The van der Waals surface area contributed by atoms with Gasteiger partial charge in [-0.05, 0) is 32.4 Å². The summed E-state index contributed by atoms with van der Waals surface area (Å²) in [6.07, 6.45) is 5.21. The molecule has 0 aliphatic rings. The molecule has 0 radical (unpaired) electrons. The number of H-pyrrole nitrogens is 1. The Morgan fingerprint density at radius 1 is 1.44 bits per heavy atom. The Morgan fingerprint density at radius 2 is 2.25 bits per heavy atom. The summed E-state index contributed by atoms with van der Waals surface area (Å²) in [7, 11) is 0. The van der Waals surface area contributed by atoms with Gasteiger partial charge < -0.3 is 10.1 Å². The molecule has 92 valence electrons. The summed E-state index contributed by atoms with van der Waals surface area (Å²) in [6, 6.07) is 2.33. The van der Waals surface area contributed by atoms with Crippen LogP contribution in [0.1, 0.15) is 44.8 Å².